The van der Waals surface area contributed by atoms with Crippen LogP contribution in [-0.2, 0) is 0 Å². The Morgan fingerprint density at radius 1 is 1.31 bits per heavy atom. The van der Waals surface area contributed by atoms with Gasteiger partial charge in [-0.25, -0.2) is 0 Å². The molecule has 3 heteroatoms. The Balaban J connectivity index is 2.16. The van der Waals surface area contributed by atoms with Gasteiger partial charge in [-0.15, -0.1) is 11.6 Å². The van der Waals surface area contributed by atoms with Gasteiger partial charge in [0, 0.05) is 22.5 Å². The fourth-order valence-corrected chi connectivity index (χ4v) is 2.81. The summed E-state index contributed by atoms with van der Waals surface area (Å²) in [6, 6.07) is 8.00. The van der Waals surface area contributed by atoms with Gasteiger partial charge in [0.1, 0.15) is 0 Å². The van der Waals surface area contributed by atoms with Crippen molar-refractivity contribution in [1.29, 1.82) is 0 Å². The minimum Gasteiger partial charge on any atom is -0.256 e. The van der Waals surface area contributed by atoms with Crippen LogP contribution in [0.5, 0.6) is 0 Å². The first-order chi connectivity index (χ1) is 7.81. The molecule has 1 aromatic heterocycles. The van der Waals surface area contributed by atoms with Crippen LogP contribution in [0, 0.1) is 5.92 Å². The second-order valence-corrected chi connectivity index (χ2v) is 5.01. The van der Waals surface area contributed by atoms with E-state index in [0.717, 1.165) is 21.8 Å². The number of hydrogen-bond acceptors (Lipinski definition) is 1. The molecule has 0 spiro atoms. The number of pyridine rings is 1. The largest absolute Gasteiger partial charge is 0.256 e. The molecule has 2 atom stereocenters. The molecular formula is C13H11Cl2N. The molecule has 1 aromatic carbocycles. The maximum Gasteiger partial charge on any atom is 0.0751 e. The van der Waals surface area contributed by atoms with Gasteiger partial charge in [0.25, 0.3) is 0 Å². The Kier molecular flexibility index (Phi) is 2.53. The maximum atomic E-state index is 6.16. The van der Waals surface area contributed by atoms with Crippen molar-refractivity contribution in [2.24, 2.45) is 5.92 Å². The molecule has 1 aliphatic carbocycles. The Hall–Kier alpha value is -0.790. The van der Waals surface area contributed by atoms with Crippen molar-refractivity contribution in [3.8, 4) is 0 Å². The molecule has 1 fully saturated rings. The zero-order valence-corrected chi connectivity index (χ0v) is 10.2. The Labute approximate surface area is 104 Å². The molecule has 2 aromatic rings. The molecule has 16 heavy (non-hydrogen) atoms. The molecule has 1 saturated carbocycles. The first kappa shape index (κ1) is 10.4. The van der Waals surface area contributed by atoms with Gasteiger partial charge in [-0.05, 0) is 42.0 Å². The average Bonchev–Trinajstić information content (AvgIpc) is 3.09. The number of halogens is 2. The molecule has 1 heterocycles. The summed E-state index contributed by atoms with van der Waals surface area (Å²) < 4.78 is 0. The Morgan fingerprint density at radius 3 is 2.94 bits per heavy atom. The van der Waals surface area contributed by atoms with Gasteiger partial charge in [-0.3, -0.25) is 4.98 Å². The third-order valence-electron chi connectivity index (χ3n) is 3.27. The Bertz CT molecular complexity index is 538. The van der Waals surface area contributed by atoms with Gasteiger partial charge >= 0.3 is 0 Å². The van der Waals surface area contributed by atoms with Crippen LogP contribution >= 0.6 is 23.2 Å². The first-order valence-corrected chi connectivity index (χ1v) is 6.31. The lowest BCUT2D eigenvalue weighted by atomic mass is 10.0. The van der Waals surface area contributed by atoms with Gasteiger partial charge in [0.05, 0.1) is 5.52 Å². The molecule has 1 aliphatic rings. The number of fused-ring (bicyclic) bond motifs is 1. The number of nitrogens with zero attached hydrogens (tertiary/aromatic N) is 1. The SMILES string of the molecule is ClCC1CC1c1ccc(Cl)c2cccnc12. The van der Waals surface area contributed by atoms with Crippen LogP contribution in [0.1, 0.15) is 17.9 Å². The average molecular weight is 252 g/mol. The van der Waals surface area contributed by atoms with E-state index in [0.29, 0.717) is 11.8 Å². The molecule has 1 nitrogen and oxygen atoms in total. The normalized spacial score (nSPS) is 23.6. The molecule has 0 aliphatic heterocycles. The molecule has 82 valence electrons. The summed E-state index contributed by atoms with van der Waals surface area (Å²) in [5, 5.41) is 1.82. The highest BCUT2D eigenvalue weighted by molar-refractivity contribution is 6.35. The van der Waals surface area contributed by atoms with Crippen LogP contribution in [0.4, 0.5) is 0 Å². The summed E-state index contributed by atoms with van der Waals surface area (Å²) in [4.78, 5) is 4.44. The van der Waals surface area contributed by atoms with Crippen LogP contribution in [0.25, 0.3) is 10.9 Å². The van der Waals surface area contributed by atoms with Crippen molar-refractivity contribution >= 4 is 34.1 Å². The van der Waals surface area contributed by atoms with E-state index in [2.05, 4.69) is 11.1 Å². The maximum absolute atomic E-state index is 6.16. The van der Waals surface area contributed by atoms with Crippen LogP contribution in [-0.4, -0.2) is 10.9 Å². The van der Waals surface area contributed by atoms with Crippen molar-refractivity contribution in [2.75, 3.05) is 5.88 Å². The lowest BCUT2D eigenvalue weighted by Gasteiger charge is -2.06. The number of alkyl halides is 1. The third kappa shape index (κ3) is 1.59. The van der Waals surface area contributed by atoms with Crippen molar-refractivity contribution in [2.45, 2.75) is 12.3 Å². The van der Waals surface area contributed by atoms with E-state index < -0.39 is 0 Å². The molecule has 3 rings (SSSR count). The fourth-order valence-electron chi connectivity index (χ4n) is 2.26. The van der Waals surface area contributed by atoms with Crippen LogP contribution in [0.2, 0.25) is 5.02 Å². The lowest BCUT2D eigenvalue weighted by molar-refractivity contribution is 0.926. The molecule has 0 bridgehead atoms. The van der Waals surface area contributed by atoms with Crippen LogP contribution in [0.3, 0.4) is 0 Å². The summed E-state index contributed by atoms with van der Waals surface area (Å²) in [7, 11) is 0. The molecule has 0 N–H and O–H groups in total. The quantitative estimate of drug-likeness (QED) is 0.729. The van der Waals surface area contributed by atoms with Gasteiger partial charge in [-0.2, -0.15) is 0 Å². The smallest absolute Gasteiger partial charge is 0.0751 e. The second kappa shape index (κ2) is 3.90. The topological polar surface area (TPSA) is 12.9 Å². The molecule has 2 unspecified atom stereocenters. The highest BCUT2D eigenvalue weighted by atomic mass is 35.5. The van der Waals surface area contributed by atoms with Crippen LogP contribution < -0.4 is 0 Å². The number of aromatic nitrogens is 1. The van der Waals surface area contributed by atoms with E-state index in [4.69, 9.17) is 23.2 Å². The summed E-state index contributed by atoms with van der Waals surface area (Å²) in [6.07, 6.45) is 3.00. The standard InChI is InChI=1S/C13H11Cl2N/c14-7-8-6-11(8)9-3-4-12(15)10-2-1-5-16-13(9)10/h1-5,8,11H,6-7H2. The summed E-state index contributed by atoms with van der Waals surface area (Å²) in [5.41, 5.74) is 2.33. The number of hydrogen-bond donors (Lipinski definition) is 0. The van der Waals surface area contributed by atoms with Gasteiger partial charge in [0.2, 0.25) is 0 Å². The second-order valence-electron chi connectivity index (χ2n) is 4.29. The van der Waals surface area contributed by atoms with Crippen molar-refractivity contribution in [3.05, 3.63) is 41.0 Å². The van der Waals surface area contributed by atoms with Gasteiger partial charge in [-0.1, -0.05) is 17.7 Å². The van der Waals surface area contributed by atoms with Gasteiger partial charge in [0.15, 0.2) is 0 Å². The molecule has 0 saturated heterocycles. The zero-order valence-electron chi connectivity index (χ0n) is 8.66. The van der Waals surface area contributed by atoms with E-state index in [9.17, 15) is 0 Å². The highest BCUT2D eigenvalue weighted by Crippen LogP contribution is 2.50. The minimum absolute atomic E-state index is 0.576. The number of benzene rings is 1. The summed E-state index contributed by atoms with van der Waals surface area (Å²) in [6.45, 7) is 0. The van der Waals surface area contributed by atoms with Crippen molar-refractivity contribution in [1.82, 2.24) is 4.98 Å². The summed E-state index contributed by atoms with van der Waals surface area (Å²) >= 11 is 12.0. The predicted octanol–water partition coefficient (Wildman–Crippen LogP) is 4.23. The third-order valence-corrected chi connectivity index (χ3v) is 3.99. The summed E-state index contributed by atoms with van der Waals surface area (Å²) in [5.74, 6) is 1.93. The fraction of sp³-hybridized carbons (Fsp3) is 0.308. The highest BCUT2D eigenvalue weighted by Gasteiger charge is 2.38. The predicted molar refractivity (Wildman–Crippen MR) is 68.3 cm³/mol. The van der Waals surface area contributed by atoms with Gasteiger partial charge < -0.3 is 0 Å². The van der Waals surface area contributed by atoms with Crippen LogP contribution in [0.15, 0.2) is 30.5 Å². The minimum atomic E-state index is 0.576. The van der Waals surface area contributed by atoms with E-state index in [1.165, 1.54) is 12.0 Å². The lowest BCUT2D eigenvalue weighted by Crippen LogP contribution is -1.90. The van der Waals surface area contributed by atoms with Crippen molar-refractivity contribution in [3.63, 3.8) is 0 Å². The molecule has 0 radical (unpaired) electrons. The van der Waals surface area contributed by atoms with E-state index in [1.807, 2.05) is 24.4 Å². The van der Waals surface area contributed by atoms with E-state index >= 15 is 0 Å². The Morgan fingerprint density at radius 2 is 2.19 bits per heavy atom. The van der Waals surface area contributed by atoms with E-state index in [1.54, 1.807) is 0 Å². The first-order valence-electron chi connectivity index (χ1n) is 5.40. The zero-order chi connectivity index (χ0) is 11.1. The van der Waals surface area contributed by atoms with Crippen molar-refractivity contribution < 1.29 is 0 Å². The monoisotopic (exact) mass is 251 g/mol. The molecular weight excluding hydrogens is 241 g/mol. The molecule has 0 amide bonds. The van der Waals surface area contributed by atoms with E-state index in [-0.39, 0.29) is 0 Å². The number of rotatable bonds is 2.